The summed E-state index contributed by atoms with van der Waals surface area (Å²) < 4.78 is 8.80. The zero-order chi connectivity index (χ0) is 9.90. The molecule has 5 heteroatoms. The van der Waals surface area contributed by atoms with Gasteiger partial charge >= 0.3 is 0 Å². The van der Waals surface area contributed by atoms with Crippen molar-refractivity contribution in [1.29, 1.82) is 0 Å². The zero-order valence-corrected chi connectivity index (χ0v) is 10.9. The van der Waals surface area contributed by atoms with E-state index in [1.54, 1.807) is 31.4 Å². The molecule has 72 valence electrons. The van der Waals surface area contributed by atoms with Crippen LogP contribution in [0.3, 0.4) is 0 Å². The van der Waals surface area contributed by atoms with E-state index in [9.17, 15) is 0 Å². The molecule has 0 N–H and O–H groups in total. The molecule has 1 aromatic carbocycles. The molecule has 0 aromatic heterocycles. The van der Waals surface area contributed by atoms with Gasteiger partial charge in [-0.05, 0) is 24.3 Å². The number of halogens is 2. The molecular formula is C8H10Cl2O2Si. The summed E-state index contributed by atoms with van der Waals surface area (Å²) in [7, 11) is 2.09. The number of hydrogen-bond donors (Lipinski definition) is 0. The van der Waals surface area contributed by atoms with Gasteiger partial charge in [0.2, 0.25) is 4.52 Å². The molecule has 0 fully saturated rings. The number of rotatable bonds is 3. The highest BCUT2D eigenvalue weighted by molar-refractivity contribution is 6.47. The predicted octanol–water partition coefficient (Wildman–Crippen LogP) is 1.58. The molecule has 0 bridgehead atoms. The average molecular weight is 237 g/mol. The number of ether oxygens (including phenoxy) is 1. The van der Waals surface area contributed by atoms with Crippen molar-refractivity contribution in [2.45, 2.75) is 4.52 Å². The second-order valence-corrected chi connectivity index (χ2v) is 4.12. The van der Waals surface area contributed by atoms with Crippen LogP contribution in [-0.2, 0) is 8.95 Å². The van der Waals surface area contributed by atoms with E-state index in [0.29, 0.717) is 16.0 Å². The van der Waals surface area contributed by atoms with Crippen molar-refractivity contribution in [3.8, 4) is 5.75 Å². The van der Waals surface area contributed by atoms with E-state index in [1.807, 2.05) is 0 Å². The summed E-state index contributed by atoms with van der Waals surface area (Å²) in [6, 6.07) is 7.12. The quantitative estimate of drug-likeness (QED) is 0.587. The summed E-state index contributed by atoms with van der Waals surface area (Å²) in [6.07, 6.45) is 0. The Labute approximate surface area is 90.3 Å². The van der Waals surface area contributed by atoms with Gasteiger partial charge < -0.3 is 9.16 Å². The fourth-order valence-electron chi connectivity index (χ4n) is 0.903. The Hall–Kier alpha value is -0.223. The van der Waals surface area contributed by atoms with Crippen LogP contribution in [0.15, 0.2) is 24.3 Å². The monoisotopic (exact) mass is 236 g/mol. The maximum absolute atomic E-state index is 5.88. The molecular weight excluding hydrogens is 227 g/mol. The molecule has 0 saturated carbocycles. The minimum atomic E-state index is -1.22. The standard InChI is InChI=1S/C8H10Cl2O2Si/c1-11-7-4-2-6(3-5-7)8(9,10)12-13/h2-5H,1,13H3. The van der Waals surface area contributed by atoms with E-state index in [4.69, 9.17) is 32.4 Å². The highest BCUT2D eigenvalue weighted by atomic mass is 35.5. The molecule has 0 saturated heterocycles. The van der Waals surface area contributed by atoms with Crippen LogP contribution in [0.4, 0.5) is 0 Å². The first-order chi connectivity index (χ1) is 6.10. The lowest BCUT2D eigenvalue weighted by molar-refractivity contribution is 0.272. The van der Waals surface area contributed by atoms with Gasteiger partial charge in [-0.3, -0.25) is 0 Å². The van der Waals surface area contributed by atoms with Crippen LogP contribution in [0.5, 0.6) is 5.75 Å². The lowest BCUT2D eigenvalue weighted by atomic mass is 10.2. The lowest BCUT2D eigenvalue weighted by Gasteiger charge is -2.18. The fraction of sp³-hybridized carbons (Fsp3) is 0.250. The van der Waals surface area contributed by atoms with E-state index in [1.165, 1.54) is 0 Å². The number of alkyl halides is 2. The molecule has 1 aromatic rings. The molecule has 0 radical (unpaired) electrons. The molecule has 0 aliphatic carbocycles. The largest absolute Gasteiger partial charge is 0.497 e. The molecule has 2 nitrogen and oxygen atoms in total. The van der Waals surface area contributed by atoms with Gasteiger partial charge in [-0.15, -0.1) is 0 Å². The summed E-state index contributed by atoms with van der Waals surface area (Å²) in [4.78, 5) is 0. The van der Waals surface area contributed by atoms with Crippen LogP contribution in [0.2, 0.25) is 0 Å². The molecule has 0 amide bonds. The van der Waals surface area contributed by atoms with E-state index in [0.717, 1.165) is 5.75 Å². The minimum absolute atomic E-state index is 0.486. The molecule has 0 atom stereocenters. The topological polar surface area (TPSA) is 18.5 Å². The second-order valence-electron chi connectivity index (χ2n) is 2.45. The van der Waals surface area contributed by atoms with E-state index in [2.05, 4.69) is 0 Å². The van der Waals surface area contributed by atoms with Crippen molar-refractivity contribution >= 4 is 33.7 Å². The first kappa shape index (κ1) is 10.9. The molecule has 0 unspecified atom stereocenters. The summed E-state index contributed by atoms with van der Waals surface area (Å²) >= 11 is 11.8. The Morgan fingerprint density at radius 1 is 1.23 bits per heavy atom. The third-order valence-corrected chi connectivity index (χ3v) is 3.56. The van der Waals surface area contributed by atoms with Gasteiger partial charge in [0.1, 0.15) is 16.2 Å². The SMILES string of the molecule is COc1ccc(C(Cl)(Cl)O[SiH3])cc1. The van der Waals surface area contributed by atoms with Gasteiger partial charge in [-0.1, -0.05) is 23.2 Å². The van der Waals surface area contributed by atoms with Crippen molar-refractivity contribution in [1.82, 2.24) is 0 Å². The van der Waals surface area contributed by atoms with Gasteiger partial charge in [-0.25, -0.2) is 0 Å². The van der Waals surface area contributed by atoms with Gasteiger partial charge in [-0.2, -0.15) is 0 Å². The van der Waals surface area contributed by atoms with E-state index >= 15 is 0 Å². The lowest BCUT2D eigenvalue weighted by Crippen LogP contribution is -2.13. The number of benzene rings is 1. The van der Waals surface area contributed by atoms with Gasteiger partial charge in [0.25, 0.3) is 0 Å². The average Bonchev–Trinajstić information content (AvgIpc) is 2.18. The Morgan fingerprint density at radius 3 is 2.15 bits per heavy atom. The highest BCUT2D eigenvalue weighted by Crippen LogP contribution is 2.34. The fourth-order valence-corrected chi connectivity index (χ4v) is 1.39. The Kier molecular flexibility index (Phi) is 3.61. The van der Waals surface area contributed by atoms with Crippen LogP contribution in [0.25, 0.3) is 0 Å². The van der Waals surface area contributed by atoms with Crippen LogP contribution < -0.4 is 4.74 Å². The van der Waals surface area contributed by atoms with Gasteiger partial charge in [0.15, 0.2) is 0 Å². The summed E-state index contributed by atoms with van der Waals surface area (Å²) in [6.45, 7) is 0. The Bertz CT molecular complexity index is 274. The second kappa shape index (κ2) is 4.33. The number of methoxy groups -OCH3 is 1. The van der Waals surface area contributed by atoms with Crippen LogP contribution in [0, 0.1) is 0 Å². The molecule has 13 heavy (non-hydrogen) atoms. The normalized spacial score (nSPS) is 11.6. The van der Waals surface area contributed by atoms with Crippen molar-refractivity contribution < 1.29 is 9.16 Å². The zero-order valence-electron chi connectivity index (χ0n) is 7.38. The third-order valence-electron chi connectivity index (χ3n) is 1.68. The van der Waals surface area contributed by atoms with Crippen LogP contribution in [0.1, 0.15) is 5.56 Å². The number of hydrogen-bond acceptors (Lipinski definition) is 2. The highest BCUT2D eigenvalue weighted by Gasteiger charge is 2.24. The summed E-state index contributed by atoms with van der Waals surface area (Å²) in [5, 5.41) is 0. The van der Waals surface area contributed by atoms with Crippen molar-refractivity contribution in [3.63, 3.8) is 0 Å². The third kappa shape index (κ3) is 2.61. The molecule has 1 rings (SSSR count). The predicted molar refractivity (Wildman–Crippen MR) is 57.4 cm³/mol. The van der Waals surface area contributed by atoms with Crippen LogP contribution >= 0.6 is 23.2 Å². The molecule has 0 aliphatic heterocycles. The Balaban J connectivity index is 2.92. The first-order valence-electron chi connectivity index (χ1n) is 3.67. The molecule has 0 spiro atoms. The van der Waals surface area contributed by atoms with Gasteiger partial charge in [0.05, 0.1) is 7.11 Å². The van der Waals surface area contributed by atoms with E-state index < -0.39 is 4.52 Å². The van der Waals surface area contributed by atoms with Crippen molar-refractivity contribution in [3.05, 3.63) is 29.8 Å². The smallest absolute Gasteiger partial charge is 0.234 e. The molecule has 0 aliphatic rings. The van der Waals surface area contributed by atoms with E-state index in [-0.39, 0.29) is 0 Å². The summed E-state index contributed by atoms with van der Waals surface area (Å²) in [5.74, 6) is 0.765. The first-order valence-corrected chi connectivity index (χ1v) is 5.25. The molecule has 0 heterocycles. The Morgan fingerprint density at radius 2 is 1.77 bits per heavy atom. The van der Waals surface area contributed by atoms with Crippen molar-refractivity contribution in [2.75, 3.05) is 7.11 Å². The summed E-state index contributed by atoms with van der Waals surface area (Å²) in [5.41, 5.74) is 0.714. The van der Waals surface area contributed by atoms with Gasteiger partial charge in [0, 0.05) is 5.56 Å². The van der Waals surface area contributed by atoms with Crippen LogP contribution in [-0.4, -0.2) is 17.6 Å². The van der Waals surface area contributed by atoms with Crippen molar-refractivity contribution in [2.24, 2.45) is 0 Å². The maximum atomic E-state index is 5.88. The minimum Gasteiger partial charge on any atom is -0.497 e. The maximum Gasteiger partial charge on any atom is 0.234 e.